The van der Waals surface area contributed by atoms with Crippen molar-refractivity contribution >= 4 is 142 Å². The zero-order valence-electron chi connectivity index (χ0n) is 74.2. The first-order valence-electron chi connectivity index (χ1n) is 46.5. The van der Waals surface area contributed by atoms with Gasteiger partial charge < -0.3 is 22.8 Å². The first-order chi connectivity index (χ1) is 65.2. The first kappa shape index (κ1) is 74.3. The van der Waals surface area contributed by atoms with Crippen molar-refractivity contribution in [2.45, 2.75) is 57.8 Å². The molecule has 0 saturated carbocycles. The molecular formula is C125H84N8. The summed E-state index contributed by atoms with van der Waals surface area (Å²) in [5.41, 5.74) is 41.9. The maximum Gasteiger partial charge on any atom is 0.185 e. The summed E-state index contributed by atoms with van der Waals surface area (Å²) in [6.45, 7) is 14.2. The van der Waals surface area contributed by atoms with Gasteiger partial charge in [-0.05, 0) is 246 Å². The van der Waals surface area contributed by atoms with Gasteiger partial charge in [0.2, 0.25) is 0 Å². The lowest BCUT2D eigenvalue weighted by molar-refractivity contribution is 0.660. The molecule has 0 atom stereocenters. The fourth-order valence-electron chi connectivity index (χ4n) is 24.6. The van der Waals surface area contributed by atoms with Crippen molar-refractivity contribution in [3.8, 4) is 101 Å². The molecule has 0 N–H and O–H groups in total. The van der Waals surface area contributed by atoms with Gasteiger partial charge in [-0.15, -0.1) is 10.2 Å². The van der Waals surface area contributed by atoms with E-state index in [9.17, 15) is 0 Å². The molecule has 7 heterocycles. The van der Waals surface area contributed by atoms with Crippen LogP contribution in [0.25, 0.3) is 243 Å². The Morgan fingerprint density at radius 1 is 0.165 bits per heavy atom. The van der Waals surface area contributed by atoms with Crippen molar-refractivity contribution in [1.82, 2.24) is 37.6 Å². The lowest BCUT2D eigenvalue weighted by Gasteiger charge is -2.22. The van der Waals surface area contributed by atoms with E-state index >= 15 is 0 Å². The second kappa shape index (κ2) is 26.8. The van der Waals surface area contributed by atoms with Gasteiger partial charge in [-0.2, -0.15) is 0 Å². The van der Waals surface area contributed by atoms with E-state index in [1.807, 2.05) is 0 Å². The Kier molecular flexibility index (Phi) is 14.9. The monoisotopic (exact) mass is 1700 g/mol. The lowest BCUT2D eigenvalue weighted by Crippen LogP contribution is -2.15. The smallest absolute Gasteiger partial charge is 0.185 e. The minimum absolute atomic E-state index is 0.138. The van der Waals surface area contributed by atoms with Crippen LogP contribution in [0.1, 0.15) is 74.9 Å². The number of nitrogens with zero attached hydrogens (tertiary/aromatic N) is 8. The Balaban J connectivity index is 0.634. The molecule has 624 valence electrons. The Morgan fingerprint density at radius 3 is 0.797 bits per heavy atom. The SMILES string of the molecule is CC1(C)c2ccccc2-c2ccc(-n3c4ccccc4c4cc(-c5ccc6c7ccccc7n(-c7ccc8nnc(-n9c%10ccccc%10c%10ccc(-c%11ccc%12c(c%11)c%11ccccc%11n%12-c%11ccc%12c(c%11)C(C)(C)c%11ccccc%11-%12)cc%109)c(-n9c%10ccccc%10c%10ccc(-c%11ccc%12c(c%11)c%11ccccc%11n%12-c%11ccc%12c(c%11)C(C)(C)c%11ccccc%11-%12)cc%109)c8c7)c6c5)ccc43)cc21. The second-order valence-electron chi connectivity index (χ2n) is 38.8. The van der Waals surface area contributed by atoms with Crippen LogP contribution in [0.4, 0.5) is 0 Å². The summed E-state index contributed by atoms with van der Waals surface area (Å²) >= 11 is 0. The van der Waals surface area contributed by atoms with Crippen molar-refractivity contribution in [2.24, 2.45) is 0 Å². The highest BCUT2D eigenvalue weighted by Gasteiger charge is 2.40. The van der Waals surface area contributed by atoms with E-state index in [4.69, 9.17) is 10.2 Å². The molecule has 0 aliphatic heterocycles. The van der Waals surface area contributed by atoms with Crippen LogP contribution >= 0.6 is 0 Å². The summed E-state index contributed by atoms with van der Waals surface area (Å²) in [6, 6.07) is 151. The molecule has 0 bridgehead atoms. The minimum Gasteiger partial charge on any atom is -0.309 e. The van der Waals surface area contributed by atoms with Gasteiger partial charge in [0.15, 0.2) is 5.82 Å². The molecule has 0 unspecified atom stereocenters. The number of hydrogen-bond acceptors (Lipinski definition) is 2. The predicted molar refractivity (Wildman–Crippen MR) is 555 cm³/mol. The van der Waals surface area contributed by atoms with E-state index in [-0.39, 0.29) is 16.2 Å². The fourth-order valence-corrected chi connectivity index (χ4v) is 24.6. The van der Waals surface area contributed by atoms with E-state index < -0.39 is 0 Å². The third-order valence-corrected chi connectivity index (χ3v) is 30.9. The Labute approximate surface area is 766 Å². The van der Waals surface area contributed by atoms with E-state index in [0.717, 1.165) is 133 Å². The first-order valence-corrected chi connectivity index (χ1v) is 46.5. The molecule has 7 aromatic heterocycles. The molecule has 133 heavy (non-hydrogen) atoms. The summed E-state index contributed by atoms with van der Waals surface area (Å²) in [6.07, 6.45) is 0. The fraction of sp³-hybridized carbons (Fsp3) is 0.0720. The maximum atomic E-state index is 5.68. The Hall–Kier alpha value is -16.7. The second-order valence-corrected chi connectivity index (χ2v) is 38.8. The van der Waals surface area contributed by atoms with Crippen molar-refractivity contribution in [3.05, 3.63) is 434 Å². The lowest BCUT2D eigenvalue weighted by atomic mass is 9.82. The van der Waals surface area contributed by atoms with Crippen LogP contribution in [0, 0.1) is 0 Å². The molecule has 3 aliphatic carbocycles. The highest BCUT2D eigenvalue weighted by molar-refractivity contribution is 6.19. The molecular weight excluding hydrogens is 1610 g/mol. The number of benzene rings is 19. The third kappa shape index (κ3) is 10.2. The highest BCUT2D eigenvalue weighted by Crippen LogP contribution is 2.55. The summed E-state index contributed by atoms with van der Waals surface area (Å²) < 4.78 is 14.9. The van der Waals surface area contributed by atoms with Crippen molar-refractivity contribution in [3.63, 3.8) is 0 Å². The molecule has 0 fully saturated rings. The number of hydrogen-bond donors (Lipinski definition) is 0. The van der Waals surface area contributed by atoms with E-state index in [2.05, 4.69) is 469 Å². The molecule has 0 saturated heterocycles. The average molecular weight is 1700 g/mol. The summed E-state index contributed by atoms with van der Waals surface area (Å²) in [5.74, 6) is 0.708. The maximum absolute atomic E-state index is 5.68. The summed E-state index contributed by atoms with van der Waals surface area (Å²) in [5, 5.41) is 26.2. The van der Waals surface area contributed by atoms with Gasteiger partial charge in [0.25, 0.3) is 0 Å². The Morgan fingerprint density at radius 2 is 0.421 bits per heavy atom. The molecule has 19 aromatic carbocycles. The largest absolute Gasteiger partial charge is 0.309 e. The normalized spacial score (nSPS) is 14.0. The van der Waals surface area contributed by atoms with Gasteiger partial charge in [0, 0.05) is 109 Å². The van der Waals surface area contributed by atoms with Crippen LogP contribution in [0.15, 0.2) is 400 Å². The molecule has 0 spiro atoms. The van der Waals surface area contributed by atoms with Crippen molar-refractivity contribution in [1.29, 1.82) is 0 Å². The van der Waals surface area contributed by atoms with Gasteiger partial charge in [-0.25, -0.2) is 0 Å². The number of para-hydroxylation sites is 6. The van der Waals surface area contributed by atoms with E-state index in [0.29, 0.717) is 5.82 Å². The minimum atomic E-state index is -0.152. The standard InChI is InChI=1S/C125H84N8/c1-123(2)102-34-16-7-25-83(102)86-56-49-80(70-105(86)123)128-110-38-20-13-31-92(110)98-63-73(46-60-115(98)128)76-43-53-95-89-28-10-19-37-109(89)131(118(95)66-76)79-52-59-108-101(69-79)121(132-113-41-23-11-29-90(113)96-54-44-77(67-119(96)132)74-47-61-116-99(64-74)93-32-14-21-39-111(93)129(116)81-50-57-87-84-26-8-17-35-103(84)124(3,4)106(87)71-81)122(127-126-108)133-114-42-24-12-30-91(114)97-55-45-78(68-120(97)133)75-48-62-117-100(65-75)94-33-15-22-40-112(94)130(117)82-51-58-88-85-27-9-18-36-104(85)125(5,6)107(88)72-82/h7-72H,1-6H3. The van der Waals surface area contributed by atoms with Gasteiger partial charge in [-0.1, -0.05) is 296 Å². The number of rotatable bonds is 9. The molecule has 8 nitrogen and oxygen atoms in total. The summed E-state index contributed by atoms with van der Waals surface area (Å²) in [4.78, 5) is 0. The van der Waals surface area contributed by atoms with Crippen LogP contribution in [0.2, 0.25) is 0 Å². The van der Waals surface area contributed by atoms with Crippen LogP contribution < -0.4 is 0 Å². The quantitative estimate of drug-likeness (QED) is 0.145. The average Bonchev–Trinajstić information content (AvgIpc) is 1.56. The Bertz CT molecular complexity index is 9710. The number of aromatic nitrogens is 8. The number of fused-ring (bicyclic) bond motifs is 28. The van der Waals surface area contributed by atoms with Crippen LogP contribution in [0.3, 0.4) is 0 Å². The molecule has 8 heteroatoms. The third-order valence-electron chi connectivity index (χ3n) is 30.9. The highest BCUT2D eigenvalue weighted by atomic mass is 15.2. The van der Waals surface area contributed by atoms with E-state index in [1.54, 1.807) is 0 Å². The van der Waals surface area contributed by atoms with Crippen LogP contribution in [0.5, 0.6) is 0 Å². The molecule has 0 radical (unpaired) electrons. The molecule has 0 amide bonds. The molecule has 26 aromatic rings. The molecule has 3 aliphatic rings. The zero-order valence-corrected chi connectivity index (χ0v) is 74.2. The van der Waals surface area contributed by atoms with Crippen molar-refractivity contribution in [2.75, 3.05) is 0 Å². The van der Waals surface area contributed by atoms with Gasteiger partial charge in [0.1, 0.15) is 5.69 Å². The van der Waals surface area contributed by atoms with Crippen molar-refractivity contribution < 1.29 is 0 Å². The predicted octanol–water partition coefficient (Wildman–Crippen LogP) is 32.1. The zero-order chi connectivity index (χ0) is 87.9. The van der Waals surface area contributed by atoms with Gasteiger partial charge >= 0.3 is 0 Å². The summed E-state index contributed by atoms with van der Waals surface area (Å²) in [7, 11) is 0. The molecule has 29 rings (SSSR count). The van der Waals surface area contributed by atoms with Crippen LogP contribution in [-0.4, -0.2) is 37.6 Å². The van der Waals surface area contributed by atoms with E-state index in [1.165, 1.54) is 138 Å². The van der Waals surface area contributed by atoms with Crippen LogP contribution in [-0.2, 0) is 16.2 Å². The topological polar surface area (TPSA) is 55.4 Å². The van der Waals surface area contributed by atoms with Gasteiger partial charge in [-0.3, -0.25) is 4.57 Å². The van der Waals surface area contributed by atoms with Gasteiger partial charge in [0.05, 0.1) is 71.7 Å².